The molecule has 0 bridgehead atoms. The highest BCUT2D eigenvalue weighted by Gasteiger charge is 2.27. The summed E-state index contributed by atoms with van der Waals surface area (Å²) in [5.41, 5.74) is 7.01. The Kier molecular flexibility index (Phi) is 14.3. The van der Waals surface area contributed by atoms with E-state index in [4.69, 9.17) is 0 Å². The van der Waals surface area contributed by atoms with Crippen molar-refractivity contribution in [3.8, 4) is 0 Å². The molecule has 0 aromatic carbocycles. The molecular weight excluding hydrogens is 480 g/mol. The third kappa shape index (κ3) is 12.0. The number of allylic oxidation sites excluding steroid dienone is 14. The summed E-state index contributed by atoms with van der Waals surface area (Å²) in [4.78, 5) is 0. The first-order valence-electron chi connectivity index (χ1n) is 16.6. The number of hydrogen-bond acceptors (Lipinski definition) is 0. The highest BCUT2D eigenvalue weighted by Crippen LogP contribution is 2.42. The Morgan fingerprint density at radius 3 is 1.20 bits per heavy atom. The summed E-state index contributed by atoms with van der Waals surface area (Å²) in [7, 11) is 0. The highest BCUT2D eigenvalue weighted by molar-refractivity contribution is 5.33. The van der Waals surface area contributed by atoms with E-state index in [1.165, 1.54) is 38.5 Å². The summed E-state index contributed by atoms with van der Waals surface area (Å²) in [5, 5.41) is 0. The molecule has 0 saturated heterocycles. The predicted molar refractivity (Wildman–Crippen MR) is 181 cm³/mol. The average Bonchev–Trinajstić information content (AvgIpc) is 2.85. The molecule has 0 aliphatic heterocycles. The second kappa shape index (κ2) is 16.6. The average molecular weight is 545 g/mol. The van der Waals surface area contributed by atoms with Gasteiger partial charge >= 0.3 is 0 Å². The molecule has 0 N–H and O–H groups in total. The van der Waals surface area contributed by atoms with Crippen molar-refractivity contribution in [2.45, 2.75) is 133 Å². The maximum Gasteiger partial charge on any atom is -0.0104 e. The molecule has 0 heterocycles. The lowest BCUT2D eigenvalue weighted by atomic mass is 9.72. The van der Waals surface area contributed by atoms with Gasteiger partial charge in [-0.05, 0) is 124 Å². The fourth-order valence-corrected chi connectivity index (χ4v) is 6.53. The van der Waals surface area contributed by atoms with E-state index in [0.29, 0.717) is 34.5 Å². The molecule has 40 heavy (non-hydrogen) atoms. The van der Waals surface area contributed by atoms with Gasteiger partial charge < -0.3 is 0 Å². The van der Waals surface area contributed by atoms with Crippen LogP contribution in [0.25, 0.3) is 0 Å². The summed E-state index contributed by atoms with van der Waals surface area (Å²) in [6.45, 7) is 23.6. The van der Waals surface area contributed by atoms with Crippen molar-refractivity contribution in [2.24, 2.45) is 34.5 Å². The quantitative estimate of drug-likeness (QED) is 0.191. The summed E-state index contributed by atoms with van der Waals surface area (Å²) in [5.74, 6) is 2.37. The minimum Gasteiger partial charge on any atom is -0.0879 e. The van der Waals surface area contributed by atoms with Crippen LogP contribution >= 0.6 is 0 Å². The smallest absolute Gasteiger partial charge is 0.0104 e. The van der Waals surface area contributed by atoms with E-state index in [0.717, 1.165) is 25.7 Å². The van der Waals surface area contributed by atoms with Gasteiger partial charge in [-0.1, -0.05) is 127 Å². The molecule has 0 radical (unpaired) electrons. The molecule has 2 rings (SSSR count). The molecule has 0 amide bonds. The molecule has 2 aliphatic rings. The lowest BCUT2D eigenvalue weighted by molar-refractivity contribution is 0.376. The maximum absolute atomic E-state index is 2.43. The molecule has 0 heteroatoms. The zero-order valence-electron chi connectivity index (χ0n) is 28.2. The van der Waals surface area contributed by atoms with E-state index in [-0.39, 0.29) is 0 Å². The van der Waals surface area contributed by atoms with Crippen LogP contribution in [-0.2, 0) is 0 Å². The van der Waals surface area contributed by atoms with Gasteiger partial charge in [-0.3, -0.25) is 0 Å². The number of rotatable bonds is 14. The first-order valence-corrected chi connectivity index (χ1v) is 16.6. The van der Waals surface area contributed by atoms with E-state index in [1.54, 1.807) is 22.3 Å². The van der Waals surface area contributed by atoms with Crippen molar-refractivity contribution in [3.63, 3.8) is 0 Å². The summed E-state index contributed by atoms with van der Waals surface area (Å²) >= 11 is 0. The predicted octanol–water partition coefficient (Wildman–Crippen LogP) is 12.9. The third-order valence-corrected chi connectivity index (χ3v) is 9.40. The monoisotopic (exact) mass is 545 g/mol. The van der Waals surface area contributed by atoms with Crippen LogP contribution in [0.2, 0.25) is 0 Å². The normalized spacial score (nSPS) is 23.4. The largest absolute Gasteiger partial charge is 0.0879 e. The van der Waals surface area contributed by atoms with Crippen molar-refractivity contribution < 1.29 is 0 Å². The lowest BCUT2D eigenvalue weighted by Crippen LogP contribution is -2.19. The second-order valence-corrected chi connectivity index (χ2v) is 14.8. The Balaban J connectivity index is 1.67. The van der Waals surface area contributed by atoms with Gasteiger partial charge in [-0.25, -0.2) is 0 Å². The summed E-state index contributed by atoms with van der Waals surface area (Å²) < 4.78 is 0. The van der Waals surface area contributed by atoms with Crippen molar-refractivity contribution in [1.29, 1.82) is 0 Å². The number of hydrogen-bond donors (Lipinski definition) is 0. The van der Waals surface area contributed by atoms with E-state index < -0.39 is 0 Å². The van der Waals surface area contributed by atoms with Crippen LogP contribution < -0.4 is 0 Å². The SMILES string of the molecule is CC1=C(/C=C/C(C)C/C=C/C(C)C/C=C/CC(C)/C=C/CC(C)/C=C/C2=C(C)CCCC2(C)C)C(C)(C)CCC1. The van der Waals surface area contributed by atoms with Crippen LogP contribution in [0.5, 0.6) is 0 Å². The van der Waals surface area contributed by atoms with Crippen LogP contribution in [-0.4, -0.2) is 0 Å². The molecule has 4 unspecified atom stereocenters. The maximum atomic E-state index is 2.43. The van der Waals surface area contributed by atoms with Crippen LogP contribution in [0.1, 0.15) is 133 Å². The zero-order chi connectivity index (χ0) is 29.8. The van der Waals surface area contributed by atoms with Gasteiger partial charge in [0.2, 0.25) is 0 Å². The Morgan fingerprint density at radius 1 is 0.525 bits per heavy atom. The molecule has 0 nitrogen and oxygen atoms in total. The Hall–Kier alpha value is -1.82. The first-order chi connectivity index (χ1) is 18.8. The molecular formula is C40H64. The molecule has 2 aliphatic carbocycles. The minimum atomic E-state index is 0.335. The zero-order valence-corrected chi connectivity index (χ0v) is 28.2. The van der Waals surface area contributed by atoms with Gasteiger partial charge in [0.25, 0.3) is 0 Å². The van der Waals surface area contributed by atoms with E-state index in [1.807, 2.05) is 0 Å². The lowest BCUT2D eigenvalue weighted by Gasteiger charge is -2.33. The van der Waals surface area contributed by atoms with Crippen molar-refractivity contribution >= 4 is 0 Å². The Labute approximate surface area is 250 Å². The molecule has 0 aromatic heterocycles. The standard InChI is InChI=1S/C40H64/c1-31(19-13-21-33(3)25-27-37-35(5)23-15-29-39(37,7)8)17-11-12-18-32(2)20-14-22-34(4)26-28-38-36(6)24-16-30-40(38,9)10/h11-14,19-20,25-28,31-34H,15-18,21-24,29-30H2,1-10H3/b12-11+,19-13+,20-14+,27-25+,28-26+. The fourth-order valence-electron chi connectivity index (χ4n) is 6.53. The van der Waals surface area contributed by atoms with Gasteiger partial charge in [0.1, 0.15) is 0 Å². The first kappa shape index (κ1) is 34.4. The fraction of sp³-hybridized carbons (Fsp3) is 0.650. The molecule has 4 atom stereocenters. The van der Waals surface area contributed by atoms with E-state index >= 15 is 0 Å². The summed E-state index contributed by atoms with van der Waals surface area (Å²) in [6, 6.07) is 0. The highest BCUT2D eigenvalue weighted by atomic mass is 14.3. The van der Waals surface area contributed by atoms with Gasteiger partial charge in [0.05, 0.1) is 0 Å². The molecule has 0 fully saturated rings. The van der Waals surface area contributed by atoms with Crippen molar-refractivity contribution in [3.05, 3.63) is 83.1 Å². The third-order valence-electron chi connectivity index (χ3n) is 9.40. The van der Waals surface area contributed by atoms with Crippen LogP contribution in [0.15, 0.2) is 83.1 Å². The molecule has 224 valence electrons. The van der Waals surface area contributed by atoms with Crippen LogP contribution in [0.3, 0.4) is 0 Å². The minimum absolute atomic E-state index is 0.335. The van der Waals surface area contributed by atoms with Gasteiger partial charge in [-0.2, -0.15) is 0 Å². The Morgan fingerprint density at radius 2 is 0.850 bits per heavy atom. The van der Waals surface area contributed by atoms with Crippen molar-refractivity contribution in [1.82, 2.24) is 0 Å². The molecule has 0 saturated carbocycles. The van der Waals surface area contributed by atoms with E-state index in [9.17, 15) is 0 Å². The van der Waals surface area contributed by atoms with Crippen LogP contribution in [0, 0.1) is 34.5 Å². The topological polar surface area (TPSA) is 0 Å². The van der Waals surface area contributed by atoms with E-state index in [2.05, 4.69) is 130 Å². The second-order valence-electron chi connectivity index (χ2n) is 14.8. The Bertz CT molecular complexity index is 903. The van der Waals surface area contributed by atoms with Crippen molar-refractivity contribution in [2.75, 3.05) is 0 Å². The van der Waals surface area contributed by atoms with Gasteiger partial charge in [-0.15, -0.1) is 0 Å². The molecule has 0 spiro atoms. The van der Waals surface area contributed by atoms with Crippen LogP contribution in [0.4, 0.5) is 0 Å². The van der Waals surface area contributed by atoms with Gasteiger partial charge in [0, 0.05) is 0 Å². The summed E-state index contributed by atoms with van der Waals surface area (Å²) in [6.07, 6.45) is 36.5. The molecule has 0 aromatic rings. The van der Waals surface area contributed by atoms with Gasteiger partial charge in [0.15, 0.2) is 0 Å².